The summed E-state index contributed by atoms with van der Waals surface area (Å²) in [5.74, 6) is 0.920. The van der Waals surface area contributed by atoms with E-state index >= 15 is 0 Å². The van der Waals surface area contributed by atoms with Gasteiger partial charge in [-0.3, -0.25) is 0 Å². The molecule has 0 amide bonds. The molecule has 1 heterocycles. The summed E-state index contributed by atoms with van der Waals surface area (Å²) in [5, 5.41) is 0. The van der Waals surface area contributed by atoms with Crippen molar-refractivity contribution in [1.82, 2.24) is 4.13 Å². The van der Waals surface area contributed by atoms with E-state index in [4.69, 9.17) is 23.1 Å². The summed E-state index contributed by atoms with van der Waals surface area (Å²) in [4.78, 5) is 0.792. The lowest BCUT2D eigenvalue weighted by molar-refractivity contribution is -0.0442. The molecule has 1 aliphatic heterocycles. The molecular weight excluding hydrogens is 527 g/mol. The molecule has 2 rings (SSSR count). The Hall–Kier alpha value is -1.46. The Bertz CT molecular complexity index is 980. The fourth-order valence-corrected chi connectivity index (χ4v) is 7.16. The van der Waals surface area contributed by atoms with Gasteiger partial charge in [-0.25, -0.2) is 8.42 Å². The standard InChI is InChI=1S/C18H27F3NO9S3/c1-27-6-8-29-15-12-14(32-10-4-3-5-11-32)13-16(30-9-7-28-2)17(15)31-34(25,26)22-33(23,24)18(19,20)21/h12-13,22H,3-11H2,1-2H3/q+1. The fourth-order valence-electron chi connectivity index (χ4n) is 2.86. The van der Waals surface area contributed by atoms with Gasteiger partial charge in [-0.05, 0) is 19.3 Å². The van der Waals surface area contributed by atoms with Crippen LogP contribution in [-0.2, 0) is 40.7 Å². The molecule has 0 unspecified atom stereocenters. The summed E-state index contributed by atoms with van der Waals surface area (Å²) in [6.07, 6.45) is 3.11. The highest BCUT2D eigenvalue weighted by atomic mass is 32.3. The van der Waals surface area contributed by atoms with E-state index in [9.17, 15) is 30.0 Å². The predicted octanol–water partition coefficient (Wildman–Crippen LogP) is 1.96. The van der Waals surface area contributed by atoms with Crippen molar-refractivity contribution >= 4 is 31.2 Å². The van der Waals surface area contributed by atoms with Crippen molar-refractivity contribution < 1.29 is 53.1 Å². The summed E-state index contributed by atoms with van der Waals surface area (Å²) < 4.78 is 111. The molecule has 0 aromatic heterocycles. The number of benzene rings is 1. The van der Waals surface area contributed by atoms with Crippen LogP contribution in [-0.4, -0.2) is 74.5 Å². The van der Waals surface area contributed by atoms with Crippen molar-refractivity contribution in [3.8, 4) is 17.2 Å². The van der Waals surface area contributed by atoms with E-state index in [1.54, 1.807) is 0 Å². The van der Waals surface area contributed by atoms with E-state index in [-0.39, 0.29) is 48.8 Å². The van der Waals surface area contributed by atoms with Crippen molar-refractivity contribution in [3.05, 3.63) is 12.1 Å². The first-order valence-corrected chi connectivity index (χ1v) is 14.5. The first-order chi connectivity index (χ1) is 15.9. The Labute approximate surface area is 199 Å². The molecule has 10 nitrogen and oxygen atoms in total. The van der Waals surface area contributed by atoms with Gasteiger partial charge in [0.1, 0.15) is 24.7 Å². The number of methoxy groups -OCH3 is 2. The van der Waals surface area contributed by atoms with E-state index in [0.717, 1.165) is 35.7 Å². The van der Waals surface area contributed by atoms with Gasteiger partial charge in [0, 0.05) is 37.2 Å². The lowest BCUT2D eigenvalue weighted by Gasteiger charge is -2.19. The van der Waals surface area contributed by atoms with Gasteiger partial charge >= 0.3 is 25.8 Å². The van der Waals surface area contributed by atoms with Gasteiger partial charge in [0.25, 0.3) is 0 Å². The largest absolute Gasteiger partial charge is 0.512 e. The van der Waals surface area contributed by atoms with Crippen molar-refractivity contribution in [2.45, 2.75) is 29.7 Å². The summed E-state index contributed by atoms with van der Waals surface area (Å²) in [6.45, 7) is 0.136. The summed E-state index contributed by atoms with van der Waals surface area (Å²) in [7, 11) is -9.11. The molecule has 1 aliphatic rings. The Morgan fingerprint density at radius 3 is 1.82 bits per heavy atom. The molecule has 0 bridgehead atoms. The van der Waals surface area contributed by atoms with Gasteiger partial charge in [-0.2, -0.15) is 21.6 Å². The number of alkyl halides is 3. The van der Waals surface area contributed by atoms with Gasteiger partial charge in [0.15, 0.2) is 16.4 Å². The Balaban J connectivity index is 2.49. The van der Waals surface area contributed by atoms with Crippen LogP contribution >= 0.6 is 0 Å². The number of nitrogens with one attached hydrogen (secondary N) is 1. The number of hydrogen-bond acceptors (Lipinski definition) is 9. The molecule has 0 saturated carbocycles. The SMILES string of the molecule is COCCOc1cc([S+]2CCCCC2)cc(OCCOC)c1OS(=O)(=O)NS(=O)(=O)C(F)(F)F. The second-order valence-corrected chi connectivity index (χ2v) is 12.4. The van der Waals surface area contributed by atoms with E-state index in [1.165, 1.54) is 26.4 Å². The van der Waals surface area contributed by atoms with Crippen LogP contribution in [0.3, 0.4) is 0 Å². The number of rotatable bonds is 13. The van der Waals surface area contributed by atoms with E-state index < -0.39 is 31.6 Å². The van der Waals surface area contributed by atoms with E-state index in [0.29, 0.717) is 4.13 Å². The van der Waals surface area contributed by atoms with Crippen molar-refractivity contribution in [1.29, 1.82) is 0 Å². The third kappa shape index (κ3) is 8.34. The van der Waals surface area contributed by atoms with Crippen molar-refractivity contribution in [3.63, 3.8) is 0 Å². The molecular formula is C18H27F3NO9S3+. The molecule has 16 heteroatoms. The molecule has 0 atom stereocenters. The summed E-state index contributed by atoms with van der Waals surface area (Å²) in [5.41, 5.74) is -5.87. The predicted molar refractivity (Wildman–Crippen MR) is 118 cm³/mol. The average molecular weight is 555 g/mol. The van der Waals surface area contributed by atoms with Crippen LogP contribution < -0.4 is 17.8 Å². The number of ether oxygens (including phenoxy) is 4. The van der Waals surface area contributed by atoms with Crippen LogP contribution in [0.2, 0.25) is 0 Å². The fraction of sp³-hybridized carbons (Fsp3) is 0.667. The lowest BCUT2D eigenvalue weighted by atomic mass is 10.3. The van der Waals surface area contributed by atoms with Crippen LogP contribution in [0.4, 0.5) is 13.2 Å². The number of halogens is 3. The smallest absolute Gasteiger partial charge is 0.487 e. The maximum absolute atomic E-state index is 12.7. The highest BCUT2D eigenvalue weighted by molar-refractivity contribution is 8.03. The second-order valence-electron chi connectivity index (χ2n) is 6.96. The molecule has 1 saturated heterocycles. The maximum atomic E-state index is 12.7. The third-order valence-corrected chi connectivity index (χ3v) is 9.56. The van der Waals surface area contributed by atoms with Gasteiger partial charge in [-0.1, -0.05) is 4.13 Å². The first kappa shape index (κ1) is 28.8. The molecule has 196 valence electrons. The highest BCUT2D eigenvalue weighted by Crippen LogP contribution is 2.42. The normalized spacial score (nSPS) is 15.8. The molecule has 0 spiro atoms. The molecule has 0 radical (unpaired) electrons. The Morgan fingerprint density at radius 1 is 0.882 bits per heavy atom. The summed E-state index contributed by atoms with van der Waals surface area (Å²) >= 11 is 0. The zero-order valence-electron chi connectivity index (χ0n) is 18.6. The molecule has 1 fully saturated rings. The van der Waals surface area contributed by atoms with Gasteiger partial charge in [-0.15, -0.1) is 0 Å². The van der Waals surface area contributed by atoms with Crippen LogP contribution in [0.1, 0.15) is 19.3 Å². The number of hydrogen-bond donors (Lipinski definition) is 1. The third-order valence-electron chi connectivity index (χ3n) is 4.41. The maximum Gasteiger partial charge on any atom is 0.512 e. The quantitative estimate of drug-likeness (QED) is 0.288. The van der Waals surface area contributed by atoms with E-state index in [1.807, 2.05) is 0 Å². The van der Waals surface area contributed by atoms with Gasteiger partial charge in [0.2, 0.25) is 5.75 Å². The summed E-state index contributed by atoms with van der Waals surface area (Å²) in [6, 6.07) is 3.05. The minimum Gasteiger partial charge on any atom is -0.487 e. The molecule has 1 aromatic carbocycles. The Morgan fingerprint density at radius 2 is 1.38 bits per heavy atom. The molecule has 34 heavy (non-hydrogen) atoms. The minimum atomic E-state index is -6.25. The van der Waals surface area contributed by atoms with Crippen LogP contribution in [0.15, 0.2) is 17.0 Å². The zero-order valence-corrected chi connectivity index (χ0v) is 21.0. The first-order valence-electron chi connectivity index (χ1n) is 10.0. The molecule has 0 aliphatic carbocycles. The van der Waals surface area contributed by atoms with E-state index in [2.05, 4.69) is 0 Å². The van der Waals surface area contributed by atoms with Crippen molar-refractivity contribution in [2.24, 2.45) is 0 Å². The van der Waals surface area contributed by atoms with Crippen molar-refractivity contribution in [2.75, 3.05) is 52.2 Å². The van der Waals surface area contributed by atoms with Gasteiger partial charge in [0.05, 0.1) is 13.2 Å². The minimum absolute atomic E-state index is 0.0457. The van der Waals surface area contributed by atoms with Crippen LogP contribution in [0, 0.1) is 0 Å². The molecule has 1 aromatic rings. The zero-order chi connectivity index (χ0) is 25.4. The van der Waals surface area contributed by atoms with Crippen LogP contribution in [0.25, 0.3) is 0 Å². The second kappa shape index (κ2) is 12.5. The highest BCUT2D eigenvalue weighted by Gasteiger charge is 2.49. The lowest BCUT2D eigenvalue weighted by Crippen LogP contribution is -2.42. The monoisotopic (exact) mass is 554 g/mol. The topological polar surface area (TPSA) is 126 Å². The number of sulfonamides is 1. The molecule has 1 N–H and O–H groups in total. The Kier molecular flexibility index (Phi) is 10.6. The van der Waals surface area contributed by atoms with Gasteiger partial charge < -0.3 is 23.1 Å². The average Bonchev–Trinajstić information content (AvgIpc) is 2.74. The van der Waals surface area contributed by atoms with Crippen LogP contribution in [0.5, 0.6) is 17.2 Å².